The minimum atomic E-state index is -1.42. The molecular weight excluding hydrogens is 268 g/mol. The van der Waals surface area contributed by atoms with E-state index in [0.717, 1.165) is 7.11 Å². The SMILES string of the molecule is COC(=O)C1=C(C(=O)OC)C2(C)C(=O)NCC(C)N2O1. The van der Waals surface area contributed by atoms with Gasteiger partial charge >= 0.3 is 11.9 Å². The first-order valence-electron chi connectivity index (χ1n) is 6.04. The van der Waals surface area contributed by atoms with Gasteiger partial charge in [-0.1, -0.05) is 0 Å². The monoisotopic (exact) mass is 284 g/mol. The van der Waals surface area contributed by atoms with E-state index in [4.69, 9.17) is 4.84 Å². The van der Waals surface area contributed by atoms with Gasteiger partial charge in [-0.25, -0.2) is 9.59 Å². The Morgan fingerprint density at radius 2 is 1.95 bits per heavy atom. The minimum absolute atomic E-state index is 0.157. The largest absolute Gasteiger partial charge is 0.465 e. The first kappa shape index (κ1) is 14.3. The van der Waals surface area contributed by atoms with Crippen molar-refractivity contribution in [2.45, 2.75) is 25.4 Å². The van der Waals surface area contributed by atoms with Crippen molar-refractivity contribution in [1.29, 1.82) is 0 Å². The molecule has 1 saturated heterocycles. The van der Waals surface area contributed by atoms with Gasteiger partial charge in [0.2, 0.25) is 11.7 Å². The van der Waals surface area contributed by atoms with Crippen LogP contribution in [0.5, 0.6) is 0 Å². The number of hydroxylamine groups is 2. The zero-order valence-corrected chi connectivity index (χ0v) is 11.7. The Labute approximate surface area is 115 Å². The number of esters is 2. The zero-order chi connectivity index (χ0) is 15.1. The first-order chi connectivity index (χ1) is 9.37. The quantitative estimate of drug-likeness (QED) is 0.657. The van der Waals surface area contributed by atoms with Crippen LogP contribution in [-0.2, 0) is 28.7 Å². The van der Waals surface area contributed by atoms with Crippen LogP contribution in [0.2, 0.25) is 0 Å². The van der Waals surface area contributed by atoms with E-state index in [1.165, 1.54) is 19.1 Å². The first-order valence-corrected chi connectivity index (χ1v) is 6.04. The smallest absolute Gasteiger partial charge is 0.376 e. The molecule has 0 aromatic carbocycles. The zero-order valence-electron chi connectivity index (χ0n) is 11.7. The summed E-state index contributed by atoms with van der Waals surface area (Å²) in [5.41, 5.74) is -1.58. The van der Waals surface area contributed by atoms with Crippen molar-refractivity contribution >= 4 is 17.8 Å². The predicted molar refractivity (Wildman–Crippen MR) is 64.9 cm³/mol. The number of rotatable bonds is 2. The Morgan fingerprint density at radius 1 is 1.35 bits per heavy atom. The molecule has 0 aliphatic carbocycles. The Morgan fingerprint density at radius 3 is 2.50 bits per heavy atom. The fraction of sp³-hybridized carbons (Fsp3) is 0.583. The Hall–Kier alpha value is -2.09. The van der Waals surface area contributed by atoms with Crippen molar-refractivity contribution in [2.75, 3.05) is 20.8 Å². The van der Waals surface area contributed by atoms with E-state index < -0.39 is 23.4 Å². The number of nitrogens with zero attached hydrogens (tertiary/aromatic N) is 1. The highest BCUT2D eigenvalue weighted by Crippen LogP contribution is 2.40. The molecule has 0 bridgehead atoms. The number of amides is 1. The highest BCUT2D eigenvalue weighted by atomic mass is 16.7. The number of nitrogens with one attached hydrogen (secondary N) is 1. The molecule has 0 aromatic rings. The molecule has 0 radical (unpaired) electrons. The molecule has 110 valence electrons. The highest BCUT2D eigenvalue weighted by Gasteiger charge is 2.60. The molecule has 20 heavy (non-hydrogen) atoms. The van der Waals surface area contributed by atoms with Gasteiger partial charge in [-0.3, -0.25) is 4.79 Å². The molecule has 0 aromatic heterocycles. The van der Waals surface area contributed by atoms with Crippen LogP contribution in [0.25, 0.3) is 0 Å². The number of fused-ring (bicyclic) bond motifs is 1. The minimum Gasteiger partial charge on any atom is -0.465 e. The summed E-state index contributed by atoms with van der Waals surface area (Å²) in [6.07, 6.45) is 0. The summed E-state index contributed by atoms with van der Waals surface area (Å²) in [6.45, 7) is 3.64. The van der Waals surface area contributed by atoms with Crippen LogP contribution in [-0.4, -0.2) is 55.3 Å². The lowest BCUT2D eigenvalue weighted by Gasteiger charge is -2.40. The maximum absolute atomic E-state index is 12.2. The normalized spacial score (nSPS) is 29.4. The summed E-state index contributed by atoms with van der Waals surface area (Å²) in [6, 6.07) is -0.223. The Bertz CT molecular complexity index is 514. The average molecular weight is 284 g/mol. The molecule has 8 nitrogen and oxygen atoms in total. The van der Waals surface area contributed by atoms with Gasteiger partial charge in [0.25, 0.3) is 0 Å². The van der Waals surface area contributed by atoms with Gasteiger partial charge in [0, 0.05) is 6.54 Å². The van der Waals surface area contributed by atoms with Crippen molar-refractivity contribution in [3.63, 3.8) is 0 Å². The number of piperazine rings is 1. The molecule has 2 rings (SSSR count). The standard InChI is InChI=1S/C12H16N2O6/c1-6-5-13-11(17)12(2)7(9(15)18-3)8(10(16)19-4)20-14(6)12/h6H,5H2,1-4H3,(H,13,17). The van der Waals surface area contributed by atoms with Crippen LogP contribution in [0.4, 0.5) is 0 Å². The lowest BCUT2D eigenvalue weighted by molar-refractivity contribution is -0.199. The fourth-order valence-corrected chi connectivity index (χ4v) is 2.43. The summed E-state index contributed by atoms with van der Waals surface area (Å²) >= 11 is 0. The van der Waals surface area contributed by atoms with E-state index in [0.29, 0.717) is 6.54 Å². The van der Waals surface area contributed by atoms with Crippen LogP contribution in [0, 0.1) is 0 Å². The third kappa shape index (κ3) is 1.75. The van der Waals surface area contributed by atoms with Crippen LogP contribution >= 0.6 is 0 Å². The summed E-state index contributed by atoms with van der Waals surface area (Å²) in [5, 5.41) is 4.00. The average Bonchev–Trinajstić information content (AvgIpc) is 2.77. The van der Waals surface area contributed by atoms with Crippen molar-refractivity contribution in [3.05, 3.63) is 11.3 Å². The van der Waals surface area contributed by atoms with E-state index in [2.05, 4.69) is 14.8 Å². The molecule has 0 saturated carbocycles. The van der Waals surface area contributed by atoms with Crippen molar-refractivity contribution in [2.24, 2.45) is 0 Å². The van der Waals surface area contributed by atoms with Crippen molar-refractivity contribution in [1.82, 2.24) is 10.4 Å². The molecular formula is C12H16N2O6. The number of carbonyl (C=O) groups is 3. The second-order valence-electron chi connectivity index (χ2n) is 4.74. The molecule has 0 spiro atoms. The maximum atomic E-state index is 12.2. The van der Waals surface area contributed by atoms with E-state index in [1.807, 2.05) is 0 Å². The van der Waals surface area contributed by atoms with E-state index in [9.17, 15) is 14.4 Å². The topological polar surface area (TPSA) is 94.2 Å². The number of hydrogen-bond acceptors (Lipinski definition) is 7. The summed E-state index contributed by atoms with van der Waals surface area (Å²) in [5.74, 6) is -2.39. The van der Waals surface area contributed by atoms with Crippen LogP contribution in [0.3, 0.4) is 0 Å². The molecule has 1 amide bonds. The second-order valence-corrected chi connectivity index (χ2v) is 4.74. The molecule has 1 N–H and O–H groups in total. The Kier molecular flexibility index (Phi) is 3.43. The predicted octanol–water partition coefficient (Wildman–Crippen LogP) is -0.889. The number of ether oxygens (including phenoxy) is 2. The van der Waals surface area contributed by atoms with Crippen LogP contribution < -0.4 is 5.32 Å². The van der Waals surface area contributed by atoms with Gasteiger partial charge in [-0.2, -0.15) is 0 Å². The lowest BCUT2D eigenvalue weighted by Crippen LogP contribution is -2.65. The molecule has 2 unspecified atom stereocenters. The van der Waals surface area contributed by atoms with Gasteiger partial charge in [0.05, 0.1) is 20.3 Å². The van der Waals surface area contributed by atoms with Crippen molar-refractivity contribution in [3.8, 4) is 0 Å². The van der Waals surface area contributed by atoms with Gasteiger partial charge in [-0.05, 0) is 13.8 Å². The molecule has 2 aliphatic rings. The number of methoxy groups -OCH3 is 2. The van der Waals surface area contributed by atoms with Crippen molar-refractivity contribution < 1.29 is 28.7 Å². The third-order valence-electron chi connectivity index (χ3n) is 3.51. The molecule has 8 heteroatoms. The maximum Gasteiger partial charge on any atom is 0.376 e. The number of carbonyl (C=O) groups excluding carboxylic acids is 3. The lowest BCUT2D eigenvalue weighted by atomic mass is 9.87. The highest BCUT2D eigenvalue weighted by molar-refractivity contribution is 6.08. The Balaban J connectivity index is 2.59. The van der Waals surface area contributed by atoms with Gasteiger partial charge in [0.15, 0.2) is 5.54 Å². The molecule has 2 heterocycles. The third-order valence-corrected chi connectivity index (χ3v) is 3.51. The molecule has 2 atom stereocenters. The van der Waals surface area contributed by atoms with Crippen LogP contribution in [0.15, 0.2) is 11.3 Å². The van der Waals surface area contributed by atoms with Gasteiger partial charge in [-0.15, -0.1) is 5.06 Å². The van der Waals surface area contributed by atoms with Crippen LogP contribution in [0.1, 0.15) is 13.8 Å². The van der Waals surface area contributed by atoms with E-state index in [1.54, 1.807) is 6.92 Å². The summed E-state index contributed by atoms with van der Waals surface area (Å²) < 4.78 is 9.26. The van der Waals surface area contributed by atoms with E-state index >= 15 is 0 Å². The van der Waals surface area contributed by atoms with E-state index in [-0.39, 0.29) is 17.4 Å². The summed E-state index contributed by atoms with van der Waals surface area (Å²) in [4.78, 5) is 41.4. The van der Waals surface area contributed by atoms with Gasteiger partial charge in [0.1, 0.15) is 5.57 Å². The summed E-state index contributed by atoms with van der Waals surface area (Å²) in [7, 11) is 2.33. The number of hydrogen-bond donors (Lipinski definition) is 1. The molecule has 2 aliphatic heterocycles. The second kappa shape index (κ2) is 4.78. The fourth-order valence-electron chi connectivity index (χ4n) is 2.43. The van der Waals surface area contributed by atoms with Gasteiger partial charge < -0.3 is 19.6 Å². The molecule has 1 fully saturated rings.